The molecule has 0 radical (unpaired) electrons. The third-order valence-corrected chi connectivity index (χ3v) is 15.7. The molecule has 4 heterocycles. The van der Waals surface area contributed by atoms with E-state index in [1.54, 1.807) is 0 Å². The van der Waals surface area contributed by atoms with Crippen molar-refractivity contribution in [2.24, 2.45) is 46.3 Å². The molecule has 2 N–H and O–H groups in total. The lowest BCUT2D eigenvalue weighted by Gasteiger charge is -2.61. The Hall–Kier alpha value is -2.01. The van der Waals surface area contributed by atoms with Crippen molar-refractivity contribution in [3.05, 3.63) is 47.5 Å². The molecule has 1 aromatic carbocycles. The van der Waals surface area contributed by atoms with E-state index in [1.165, 1.54) is 25.7 Å². The maximum absolute atomic E-state index is 14.3. The number of benzene rings is 1. The number of aliphatic hydroxyl groups is 2. The van der Waals surface area contributed by atoms with Gasteiger partial charge in [-0.2, -0.15) is 0 Å². The van der Waals surface area contributed by atoms with E-state index in [9.17, 15) is 15.0 Å². The molecule has 5 aliphatic carbocycles. The topological polar surface area (TPSA) is 85.2 Å². The Kier molecular flexibility index (Phi) is 8.76. The second kappa shape index (κ2) is 12.6. The van der Waals surface area contributed by atoms with Gasteiger partial charge in [0.1, 0.15) is 12.7 Å². The number of carbonyl (C=O) groups is 1. The lowest BCUT2D eigenvalue weighted by molar-refractivity contribution is -0.200. The molecule has 5 fully saturated rings. The predicted octanol–water partition coefficient (Wildman–Crippen LogP) is 7.02. The molecule has 49 heavy (non-hydrogen) atoms. The monoisotopic (exact) mass is 670 g/mol. The van der Waals surface area contributed by atoms with Crippen LogP contribution in [0.15, 0.2) is 42.0 Å². The number of hydrogen-bond acceptors (Lipinski definition) is 6. The molecule has 13 atom stereocenters. The highest BCUT2D eigenvalue weighted by molar-refractivity contribution is 5.95. The second-order valence-electron chi connectivity index (χ2n) is 17.8. The van der Waals surface area contributed by atoms with Crippen LogP contribution < -0.4 is 0 Å². The van der Waals surface area contributed by atoms with Crippen molar-refractivity contribution in [3.63, 3.8) is 0 Å². The van der Waals surface area contributed by atoms with Crippen molar-refractivity contribution >= 4 is 5.78 Å². The van der Waals surface area contributed by atoms with Crippen LogP contribution in [0.4, 0.5) is 0 Å². The van der Waals surface area contributed by atoms with Gasteiger partial charge in [-0.05, 0) is 104 Å². The van der Waals surface area contributed by atoms with Gasteiger partial charge in [0.15, 0.2) is 5.78 Å². The molecule has 0 amide bonds. The zero-order chi connectivity index (χ0) is 34.2. The highest BCUT2D eigenvalue weighted by Gasteiger charge is 2.70. The fourth-order valence-corrected chi connectivity index (χ4v) is 12.8. The Labute approximate surface area is 293 Å². The van der Waals surface area contributed by atoms with Crippen LogP contribution in [-0.2, 0) is 19.0 Å². The summed E-state index contributed by atoms with van der Waals surface area (Å²) < 4.78 is 20.1. The number of allylic oxidation sites excluding steroid dienone is 1. The molecular formula is C43H58O6. The molecule has 6 nitrogen and oxygen atoms in total. The second-order valence-corrected chi connectivity index (χ2v) is 17.8. The van der Waals surface area contributed by atoms with Crippen molar-refractivity contribution in [2.75, 3.05) is 19.8 Å². The molecule has 10 rings (SSSR count). The van der Waals surface area contributed by atoms with E-state index in [4.69, 9.17) is 14.2 Å². The smallest absolute Gasteiger partial charge is 0.159 e. The van der Waals surface area contributed by atoms with E-state index in [1.807, 2.05) is 31.2 Å². The molecule has 4 aliphatic heterocycles. The van der Waals surface area contributed by atoms with Gasteiger partial charge in [-0.25, -0.2) is 0 Å². The molecule has 1 saturated heterocycles. The molecule has 9 aliphatic rings. The van der Waals surface area contributed by atoms with Crippen LogP contribution in [0.2, 0.25) is 0 Å². The first-order chi connectivity index (χ1) is 23.5. The Balaban J connectivity index is 1.15. The molecule has 1 spiro atoms. The van der Waals surface area contributed by atoms with Gasteiger partial charge in [0, 0.05) is 11.3 Å². The summed E-state index contributed by atoms with van der Waals surface area (Å²) in [6, 6.07) is 10.3. The Morgan fingerprint density at radius 3 is 2.51 bits per heavy atom. The van der Waals surface area contributed by atoms with Gasteiger partial charge < -0.3 is 24.4 Å². The Morgan fingerprint density at radius 2 is 1.73 bits per heavy atom. The first kappa shape index (κ1) is 34.1. The number of ketones is 1. The van der Waals surface area contributed by atoms with E-state index in [0.717, 1.165) is 43.2 Å². The number of fused-ring (bicyclic) bond motifs is 2. The minimum atomic E-state index is -1.39. The number of aliphatic hydroxyl groups excluding tert-OH is 1. The van der Waals surface area contributed by atoms with E-state index in [2.05, 4.69) is 44.7 Å². The molecule has 6 bridgehead atoms. The normalized spacial score (nSPS) is 45.6. The minimum Gasteiger partial charge on any atom is -0.387 e. The lowest BCUT2D eigenvalue weighted by atomic mass is 9.45. The Bertz CT molecular complexity index is 1500. The van der Waals surface area contributed by atoms with Gasteiger partial charge in [-0.1, -0.05) is 88.6 Å². The lowest BCUT2D eigenvalue weighted by Crippen LogP contribution is -2.64. The van der Waals surface area contributed by atoms with Gasteiger partial charge in [-0.15, -0.1) is 0 Å². The number of rotatable bonds is 5. The summed E-state index contributed by atoms with van der Waals surface area (Å²) in [4.78, 5) is 14.3. The quantitative estimate of drug-likeness (QED) is 0.328. The first-order valence-electron chi connectivity index (χ1n) is 19.6. The predicted molar refractivity (Wildman–Crippen MR) is 188 cm³/mol. The van der Waals surface area contributed by atoms with Gasteiger partial charge in [0.25, 0.3) is 0 Å². The minimum absolute atomic E-state index is 0.0490. The first-order valence-corrected chi connectivity index (χ1v) is 19.6. The third kappa shape index (κ3) is 5.27. The third-order valence-electron chi connectivity index (χ3n) is 15.7. The van der Waals surface area contributed by atoms with Crippen LogP contribution in [0.1, 0.15) is 110 Å². The summed E-state index contributed by atoms with van der Waals surface area (Å²) in [5.41, 5.74) is -0.515. The largest absolute Gasteiger partial charge is 0.387 e. The van der Waals surface area contributed by atoms with Crippen molar-refractivity contribution in [2.45, 2.75) is 134 Å². The average molecular weight is 671 g/mol. The fraction of sp³-hybridized carbons (Fsp3) is 0.744. The molecule has 266 valence electrons. The van der Waals surface area contributed by atoms with E-state index in [-0.39, 0.29) is 53.5 Å². The van der Waals surface area contributed by atoms with Gasteiger partial charge in [-0.3, -0.25) is 4.79 Å². The van der Waals surface area contributed by atoms with Gasteiger partial charge in [0.2, 0.25) is 0 Å². The molecular weight excluding hydrogens is 612 g/mol. The van der Waals surface area contributed by atoms with Crippen LogP contribution in [0.5, 0.6) is 0 Å². The van der Waals surface area contributed by atoms with Crippen LogP contribution in [0, 0.1) is 58.2 Å². The molecule has 4 saturated carbocycles. The SMILES string of the molecule is CC1C(C2CCCC2)COC1C(O)C(C)(O)C1CCC23OCC#CC(c4ccccc4)COC4CCC5(C)C(C4)C(=O)C=C2C5CCC13C. The van der Waals surface area contributed by atoms with Crippen molar-refractivity contribution < 1.29 is 29.2 Å². The molecule has 1 aromatic rings. The maximum atomic E-state index is 14.3. The Morgan fingerprint density at radius 1 is 0.959 bits per heavy atom. The zero-order valence-electron chi connectivity index (χ0n) is 30.2. The number of ether oxygens (including phenoxy) is 3. The van der Waals surface area contributed by atoms with Crippen LogP contribution in [0.25, 0.3) is 0 Å². The van der Waals surface area contributed by atoms with Gasteiger partial charge in [0.05, 0.1) is 42.5 Å². The fourth-order valence-electron chi connectivity index (χ4n) is 12.8. The van der Waals surface area contributed by atoms with E-state index >= 15 is 0 Å². The van der Waals surface area contributed by atoms with E-state index in [0.29, 0.717) is 37.9 Å². The van der Waals surface area contributed by atoms with E-state index < -0.39 is 28.8 Å². The van der Waals surface area contributed by atoms with Crippen LogP contribution >= 0.6 is 0 Å². The summed E-state index contributed by atoms with van der Waals surface area (Å²) >= 11 is 0. The number of hydrogen-bond donors (Lipinski definition) is 2. The summed E-state index contributed by atoms with van der Waals surface area (Å²) in [6.07, 6.45) is 11.5. The summed E-state index contributed by atoms with van der Waals surface area (Å²) in [5.74, 6) is 8.25. The standard InChI is InChI=1S/C43H58O6/c1-27-32(29-13-8-9-14-29)26-48-38(27)39(45)42(4,46)37-18-21-43-34-24-36(44)35-23-31(16-19-40(35,2)33(34)17-20-41(37,43)3)47-25-30(15-10-22-49-43)28-11-6-5-7-12-28/h5-7,11-12,24,27,29-33,35,37-39,45-46H,8-9,13-14,16-23,25-26H2,1-4H3. The molecule has 6 heteroatoms. The molecule has 13 unspecified atom stereocenters. The maximum Gasteiger partial charge on any atom is 0.159 e. The zero-order valence-corrected chi connectivity index (χ0v) is 30.2. The summed E-state index contributed by atoms with van der Waals surface area (Å²) in [5, 5.41) is 24.7. The average Bonchev–Trinajstić information content (AvgIpc) is 3.82. The van der Waals surface area contributed by atoms with Crippen LogP contribution in [0.3, 0.4) is 0 Å². The summed E-state index contributed by atoms with van der Waals surface area (Å²) in [6.45, 7) is 10.1. The number of carbonyl (C=O) groups excluding carboxylic acids is 1. The molecule has 0 aromatic heterocycles. The van der Waals surface area contributed by atoms with Crippen LogP contribution in [-0.4, -0.2) is 65.3 Å². The summed E-state index contributed by atoms with van der Waals surface area (Å²) in [7, 11) is 0. The van der Waals surface area contributed by atoms with Crippen molar-refractivity contribution in [1.82, 2.24) is 0 Å². The van der Waals surface area contributed by atoms with Crippen molar-refractivity contribution in [3.8, 4) is 11.8 Å². The highest BCUT2D eigenvalue weighted by Crippen LogP contribution is 2.70. The van der Waals surface area contributed by atoms with Crippen molar-refractivity contribution in [1.29, 1.82) is 0 Å². The highest BCUT2D eigenvalue weighted by atomic mass is 16.5. The van der Waals surface area contributed by atoms with Gasteiger partial charge >= 0.3 is 0 Å².